The van der Waals surface area contributed by atoms with E-state index in [0.29, 0.717) is 0 Å². The van der Waals surface area contributed by atoms with Gasteiger partial charge in [0.15, 0.2) is 8.32 Å². The first-order valence-electron chi connectivity index (χ1n) is 6.15. The molecule has 0 aromatic carbocycles. The van der Waals surface area contributed by atoms with Crippen molar-refractivity contribution >= 4 is 27.8 Å². The number of ether oxygens (including phenoxy) is 2. The molecule has 17 heavy (non-hydrogen) atoms. The minimum Gasteiger partial charge on any atom is -0.371 e. The van der Waals surface area contributed by atoms with Gasteiger partial charge in [-0.15, -0.1) is 0 Å². The zero-order chi connectivity index (χ0) is 13.7. The van der Waals surface area contributed by atoms with Crippen molar-refractivity contribution in [2.24, 2.45) is 0 Å². The van der Waals surface area contributed by atoms with Gasteiger partial charge in [-0.25, -0.2) is 0 Å². The van der Waals surface area contributed by atoms with Crippen molar-refractivity contribution in [3.63, 3.8) is 0 Å². The van der Waals surface area contributed by atoms with Gasteiger partial charge in [0.05, 0.1) is 0 Å². The van der Waals surface area contributed by atoms with E-state index in [1.54, 1.807) is 0 Å². The first-order chi connectivity index (χ1) is 7.64. The molecule has 0 aliphatic carbocycles. The lowest BCUT2D eigenvalue weighted by Gasteiger charge is -2.39. The Morgan fingerprint density at radius 1 is 1.29 bits per heavy atom. The van der Waals surface area contributed by atoms with Crippen molar-refractivity contribution in [1.82, 2.24) is 0 Å². The van der Waals surface area contributed by atoms with Crippen LogP contribution in [0.25, 0.3) is 0 Å². The lowest BCUT2D eigenvalue weighted by Crippen LogP contribution is -2.46. The van der Waals surface area contributed by atoms with E-state index in [0.717, 1.165) is 6.42 Å². The van der Waals surface area contributed by atoms with Gasteiger partial charge in [0.25, 0.3) is 6.48 Å². The number of halogens is 1. The zero-order valence-corrected chi connectivity index (χ0v) is 13.9. The second-order valence-electron chi connectivity index (χ2n) is 5.80. The van der Waals surface area contributed by atoms with E-state index in [-0.39, 0.29) is 17.1 Å². The van der Waals surface area contributed by atoms with Crippen LogP contribution in [-0.2, 0) is 13.9 Å². The van der Waals surface area contributed by atoms with E-state index >= 15 is 0 Å². The molecule has 102 valence electrons. The van der Waals surface area contributed by atoms with Crippen LogP contribution in [0, 0.1) is 0 Å². The Bertz CT molecular complexity index is 221. The summed E-state index contributed by atoms with van der Waals surface area (Å²) in [6, 6.07) is 0.184. The summed E-state index contributed by atoms with van der Waals surface area (Å²) in [6.07, 6.45) is 0.920. The Balaban J connectivity index is 4.53. The average Bonchev–Trinajstić information content (AvgIpc) is 2.15. The summed E-state index contributed by atoms with van der Waals surface area (Å²) < 4.78 is 17.0. The summed E-state index contributed by atoms with van der Waals surface area (Å²) in [5.41, 5.74) is 0. The lowest BCUT2D eigenvalue weighted by molar-refractivity contribution is -0.252. The maximum Gasteiger partial charge on any atom is 0.262 e. The van der Waals surface area contributed by atoms with Gasteiger partial charge in [0.1, 0.15) is 13.9 Å². The highest BCUT2D eigenvalue weighted by atomic mass is 35.5. The fourth-order valence-corrected chi connectivity index (χ4v) is 1.92. The number of hydrogen-bond donors (Lipinski definition) is 0. The van der Waals surface area contributed by atoms with Crippen LogP contribution in [0.1, 0.15) is 34.1 Å². The second kappa shape index (κ2) is 7.14. The predicted molar refractivity (Wildman–Crippen MR) is 77.6 cm³/mol. The summed E-state index contributed by atoms with van der Waals surface area (Å²) in [6.45, 7) is 12.3. The van der Waals surface area contributed by atoms with Crippen LogP contribution in [0.3, 0.4) is 0 Å². The van der Waals surface area contributed by atoms with Crippen LogP contribution >= 0.6 is 11.6 Å². The summed E-state index contributed by atoms with van der Waals surface area (Å²) in [5.74, 6) is 0. The van der Waals surface area contributed by atoms with Crippen LogP contribution in [0.2, 0.25) is 18.1 Å². The number of alkyl halides is 1. The van der Waals surface area contributed by atoms with Crippen LogP contribution in [-0.4, -0.2) is 34.7 Å². The van der Waals surface area contributed by atoms with E-state index in [9.17, 15) is 0 Å². The Hall–Kier alpha value is 0.452. The molecule has 3 nitrogen and oxygen atoms in total. The number of rotatable bonds is 7. The molecule has 0 aliphatic rings. The minimum absolute atomic E-state index is 0.0791. The van der Waals surface area contributed by atoms with Gasteiger partial charge in [0, 0.05) is 6.00 Å². The van der Waals surface area contributed by atoms with E-state index in [4.69, 9.17) is 25.5 Å². The fraction of sp³-hybridized carbons (Fsp3) is 1.00. The first kappa shape index (κ1) is 17.5. The van der Waals surface area contributed by atoms with Gasteiger partial charge in [0.2, 0.25) is 0 Å². The third kappa shape index (κ3) is 6.25. The summed E-state index contributed by atoms with van der Waals surface area (Å²) in [7, 11) is 0.106. The fourth-order valence-electron chi connectivity index (χ4n) is 0.856. The lowest BCUT2D eigenvalue weighted by atomic mass is 9.98. The maximum atomic E-state index is 6.03. The standard InChI is InChI=1S/C11H26BClO3Si/c1-7-9(12)15-10(14-8-13)16-17(5,6)11(2,3)4/h9-10H,7-8,12H2,1-6H3/t9-,10?/m1/s1. The molecule has 0 amide bonds. The highest BCUT2D eigenvalue weighted by Crippen LogP contribution is 2.37. The first-order valence-corrected chi connectivity index (χ1v) is 9.59. The molecule has 0 saturated carbocycles. The second-order valence-corrected chi connectivity index (χ2v) is 10.8. The highest BCUT2D eigenvalue weighted by Gasteiger charge is 2.40. The Morgan fingerprint density at radius 3 is 2.18 bits per heavy atom. The Labute approximate surface area is 113 Å². The molecule has 2 atom stereocenters. The van der Waals surface area contributed by atoms with Gasteiger partial charge in [-0.3, -0.25) is 0 Å². The topological polar surface area (TPSA) is 27.7 Å². The van der Waals surface area contributed by atoms with Crippen LogP contribution < -0.4 is 0 Å². The molecule has 0 saturated heterocycles. The third-order valence-corrected chi connectivity index (χ3v) is 7.83. The van der Waals surface area contributed by atoms with Crippen molar-refractivity contribution in [2.75, 3.05) is 6.07 Å². The smallest absolute Gasteiger partial charge is 0.262 e. The quantitative estimate of drug-likeness (QED) is 0.408. The van der Waals surface area contributed by atoms with Crippen molar-refractivity contribution in [3.05, 3.63) is 0 Å². The van der Waals surface area contributed by atoms with E-state index in [1.165, 1.54) is 0 Å². The molecule has 0 heterocycles. The molecular weight excluding hydrogens is 254 g/mol. The summed E-state index contributed by atoms with van der Waals surface area (Å²) in [4.78, 5) is 0. The zero-order valence-electron chi connectivity index (χ0n) is 12.2. The largest absolute Gasteiger partial charge is 0.371 e. The molecule has 0 rings (SSSR count). The molecule has 0 spiro atoms. The highest BCUT2D eigenvalue weighted by molar-refractivity contribution is 6.74. The molecule has 0 N–H and O–H groups in total. The van der Waals surface area contributed by atoms with E-state index < -0.39 is 14.8 Å². The van der Waals surface area contributed by atoms with E-state index in [1.807, 2.05) is 7.85 Å². The molecule has 0 bridgehead atoms. The van der Waals surface area contributed by atoms with Gasteiger partial charge in [-0.2, -0.15) is 0 Å². The third-order valence-electron chi connectivity index (χ3n) is 3.31. The molecule has 0 fully saturated rings. The molecule has 0 radical (unpaired) electrons. The van der Waals surface area contributed by atoms with E-state index in [2.05, 4.69) is 40.8 Å². The predicted octanol–water partition coefficient (Wildman–Crippen LogP) is 2.89. The van der Waals surface area contributed by atoms with Crippen LogP contribution in [0.15, 0.2) is 0 Å². The van der Waals surface area contributed by atoms with Gasteiger partial charge < -0.3 is 13.9 Å². The SMILES string of the molecule is B[C@@H](CC)OC(OCCl)O[Si](C)(C)C(C)(C)C. The minimum atomic E-state index is -1.89. The van der Waals surface area contributed by atoms with Crippen molar-refractivity contribution in [2.45, 2.75) is 64.7 Å². The molecule has 0 aromatic heterocycles. The van der Waals surface area contributed by atoms with Crippen molar-refractivity contribution < 1.29 is 13.9 Å². The average molecular weight is 281 g/mol. The molecule has 1 unspecified atom stereocenters. The van der Waals surface area contributed by atoms with Gasteiger partial charge in [-0.1, -0.05) is 39.3 Å². The monoisotopic (exact) mass is 280 g/mol. The van der Waals surface area contributed by atoms with Crippen LogP contribution in [0.5, 0.6) is 0 Å². The van der Waals surface area contributed by atoms with Gasteiger partial charge in [-0.05, 0) is 24.6 Å². The molecule has 0 aliphatic heterocycles. The van der Waals surface area contributed by atoms with Gasteiger partial charge >= 0.3 is 0 Å². The summed E-state index contributed by atoms with van der Waals surface area (Å²) in [5, 5.41) is 0.125. The number of hydrogen-bond acceptors (Lipinski definition) is 3. The molecular formula is C11H26BClO3Si. The normalized spacial score (nSPS) is 16.9. The van der Waals surface area contributed by atoms with Crippen LogP contribution in [0.4, 0.5) is 0 Å². The maximum absolute atomic E-state index is 6.03. The van der Waals surface area contributed by atoms with Crippen molar-refractivity contribution in [1.29, 1.82) is 0 Å². The molecule has 6 heteroatoms. The Morgan fingerprint density at radius 2 is 1.82 bits per heavy atom. The molecule has 0 aromatic rings. The summed E-state index contributed by atoms with van der Waals surface area (Å²) >= 11 is 5.60. The Kier molecular flexibility index (Phi) is 7.33. The van der Waals surface area contributed by atoms with Crippen molar-refractivity contribution in [3.8, 4) is 0 Å².